The monoisotopic (exact) mass is 921 g/mol. The SMILES string of the molecule is c1ccc(N2c3ccccc3B3c4ccccc4N(c4ccccc4)c4cc(C5=NC6=NC(n7c8ccccc8c8ccccc87)=NC7=NC(n8c9ccccc9c9ccccc98)=NC(=N5)N67)cc2c43)cc1. The maximum absolute atomic E-state index is 5.43. The van der Waals surface area contributed by atoms with Crippen LogP contribution in [0.15, 0.2) is 248 Å². The van der Waals surface area contributed by atoms with Crippen molar-refractivity contribution in [2.45, 2.75) is 0 Å². The average molecular weight is 922 g/mol. The molecule has 0 radical (unpaired) electrons. The molecule has 0 saturated heterocycles. The zero-order valence-electron chi connectivity index (χ0n) is 38.3. The summed E-state index contributed by atoms with van der Waals surface area (Å²) >= 11 is 0. The molecule has 0 aliphatic carbocycles. The third-order valence-electron chi connectivity index (χ3n) is 14.5. The highest BCUT2D eigenvalue weighted by atomic mass is 15.5. The molecule has 9 aromatic carbocycles. The first-order valence-electron chi connectivity index (χ1n) is 24.1. The molecule has 334 valence electrons. The Kier molecular flexibility index (Phi) is 8.00. The molecule has 0 bridgehead atoms. The van der Waals surface area contributed by atoms with E-state index in [1.165, 1.54) is 16.4 Å². The molecule has 2 aromatic heterocycles. The molecule has 12 heteroatoms. The van der Waals surface area contributed by atoms with Crippen LogP contribution >= 0.6 is 0 Å². The second kappa shape index (κ2) is 14.8. The van der Waals surface area contributed by atoms with Crippen LogP contribution in [-0.2, 0) is 0 Å². The van der Waals surface area contributed by atoms with E-state index < -0.39 is 0 Å². The number of para-hydroxylation sites is 8. The summed E-state index contributed by atoms with van der Waals surface area (Å²) in [6.45, 7) is -0.0466. The van der Waals surface area contributed by atoms with Crippen LogP contribution in [0.3, 0.4) is 0 Å². The third-order valence-corrected chi connectivity index (χ3v) is 14.5. The van der Waals surface area contributed by atoms with Gasteiger partial charge in [0.15, 0.2) is 5.84 Å². The molecule has 0 atom stereocenters. The number of aromatic nitrogens is 2. The summed E-state index contributed by atoms with van der Waals surface area (Å²) in [7, 11) is 0. The van der Waals surface area contributed by atoms with Crippen LogP contribution in [0.2, 0.25) is 0 Å². The van der Waals surface area contributed by atoms with Gasteiger partial charge in [-0.05, 0) is 89.2 Å². The highest BCUT2D eigenvalue weighted by molar-refractivity contribution is 7.00. The van der Waals surface area contributed by atoms with Crippen molar-refractivity contribution < 1.29 is 0 Å². The van der Waals surface area contributed by atoms with Gasteiger partial charge in [0.05, 0.1) is 22.1 Å². The number of hydrogen-bond acceptors (Lipinski definition) is 9. The molecule has 5 aliphatic heterocycles. The van der Waals surface area contributed by atoms with Crippen molar-refractivity contribution in [1.82, 2.24) is 14.0 Å². The zero-order valence-corrected chi connectivity index (χ0v) is 38.3. The van der Waals surface area contributed by atoms with Gasteiger partial charge in [0, 0.05) is 61.2 Å². The van der Waals surface area contributed by atoms with E-state index in [9.17, 15) is 0 Å². The lowest BCUT2D eigenvalue weighted by Gasteiger charge is -2.44. The average Bonchev–Trinajstić information content (AvgIpc) is 3.96. The molecule has 0 spiro atoms. The lowest BCUT2D eigenvalue weighted by atomic mass is 9.33. The van der Waals surface area contributed by atoms with Crippen LogP contribution in [-0.4, -0.2) is 56.4 Å². The molecule has 11 nitrogen and oxygen atoms in total. The fraction of sp³-hybridized carbons (Fsp3) is 0. The number of nitrogens with zero attached hydrogens (tertiary/aromatic N) is 11. The van der Waals surface area contributed by atoms with E-state index >= 15 is 0 Å². The summed E-state index contributed by atoms with van der Waals surface area (Å²) in [6.07, 6.45) is 0. The second-order valence-electron chi connectivity index (χ2n) is 18.4. The van der Waals surface area contributed by atoms with Crippen LogP contribution in [0.25, 0.3) is 43.6 Å². The van der Waals surface area contributed by atoms with Crippen LogP contribution in [0, 0.1) is 0 Å². The lowest BCUT2D eigenvalue weighted by molar-refractivity contribution is 0.819. The molecule has 7 heterocycles. The molecular formula is C60H36BN11. The van der Waals surface area contributed by atoms with E-state index in [-0.39, 0.29) is 6.71 Å². The molecule has 0 unspecified atom stereocenters. The zero-order chi connectivity index (χ0) is 47.0. The Balaban J connectivity index is 0.982. The molecule has 0 amide bonds. The predicted molar refractivity (Wildman–Crippen MR) is 296 cm³/mol. The third kappa shape index (κ3) is 5.45. The van der Waals surface area contributed by atoms with E-state index in [2.05, 4.69) is 237 Å². The van der Waals surface area contributed by atoms with Gasteiger partial charge in [0.25, 0.3) is 6.71 Å². The first-order chi connectivity index (χ1) is 35.7. The van der Waals surface area contributed by atoms with Crippen LogP contribution < -0.4 is 26.2 Å². The Bertz CT molecular complexity index is 4040. The lowest BCUT2D eigenvalue weighted by Crippen LogP contribution is -2.61. The van der Waals surface area contributed by atoms with Gasteiger partial charge in [-0.2, -0.15) is 30.0 Å². The van der Waals surface area contributed by atoms with E-state index in [0.29, 0.717) is 35.6 Å². The molecule has 0 fully saturated rings. The normalized spacial score (nSPS) is 15.3. The summed E-state index contributed by atoms with van der Waals surface area (Å²) in [6, 6.07) is 76.9. The first-order valence-corrected chi connectivity index (χ1v) is 24.1. The molecule has 11 aromatic rings. The highest BCUT2D eigenvalue weighted by Gasteiger charge is 2.44. The Hall–Kier alpha value is -9.94. The van der Waals surface area contributed by atoms with Crippen LogP contribution in [0.1, 0.15) is 5.56 Å². The minimum atomic E-state index is -0.0466. The number of benzene rings is 9. The Morgan fingerprint density at radius 3 is 1.11 bits per heavy atom. The fourth-order valence-corrected chi connectivity index (χ4v) is 11.6. The molecular weight excluding hydrogens is 886 g/mol. The number of fused-ring (bicyclic) bond motifs is 10. The van der Waals surface area contributed by atoms with E-state index in [0.717, 1.165) is 83.3 Å². The van der Waals surface area contributed by atoms with Crippen molar-refractivity contribution in [3.63, 3.8) is 0 Å². The predicted octanol–water partition coefficient (Wildman–Crippen LogP) is 11.0. The number of anilines is 6. The van der Waals surface area contributed by atoms with Crippen molar-refractivity contribution in [2.24, 2.45) is 30.0 Å². The summed E-state index contributed by atoms with van der Waals surface area (Å²) in [5.41, 5.74) is 14.8. The van der Waals surface area contributed by atoms with Crippen molar-refractivity contribution in [2.75, 3.05) is 9.80 Å². The minimum absolute atomic E-state index is 0.0466. The van der Waals surface area contributed by atoms with Crippen molar-refractivity contribution in [3.8, 4) is 0 Å². The minimum Gasteiger partial charge on any atom is -0.311 e. The summed E-state index contributed by atoms with van der Waals surface area (Å²) in [4.78, 5) is 38.7. The first kappa shape index (κ1) is 39.0. The van der Waals surface area contributed by atoms with E-state index in [1.54, 1.807) is 4.90 Å². The van der Waals surface area contributed by atoms with Crippen molar-refractivity contribution in [1.29, 1.82) is 0 Å². The quantitative estimate of drug-likeness (QED) is 0.165. The number of guanidine groups is 3. The number of rotatable bonds is 3. The van der Waals surface area contributed by atoms with Crippen molar-refractivity contribution in [3.05, 3.63) is 224 Å². The van der Waals surface area contributed by atoms with Gasteiger partial charge in [-0.15, -0.1) is 0 Å². The molecule has 5 aliphatic rings. The fourth-order valence-electron chi connectivity index (χ4n) is 11.6. The number of hydrogen-bond donors (Lipinski definition) is 0. The van der Waals surface area contributed by atoms with E-state index in [4.69, 9.17) is 30.0 Å². The van der Waals surface area contributed by atoms with Gasteiger partial charge < -0.3 is 9.80 Å². The summed E-state index contributed by atoms with van der Waals surface area (Å²) < 4.78 is 4.22. The standard InChI is InChI=1S/C60H36BN11/c1-3-19-38(20-4-1)68-50-33-17-11-27-44(50)61-45-28-12-18-34-51(45)69(39-21-5-2-6-22-39)53-36-37(35-52(68)54(53)61)55-62-56-64-58(70-46-29-13-7-23-40(46)41-24-8-14-30-47(41)70)66-60-67-59(65-57(63-55)72(56)60)71-48-31-15-9-25-42(48)43-26-10-16-32-49(43)71/h1-36H. The molecule has 72 heavy (non-hydrogen) atoms. The number of amidine groups is 1. The Morgan fingerprint density at radius 2 is 0.653 bits per heavy atom. The largest absolute Gasteiger partial charge is 0.311 e. The molecule has 0 N–H and O–H groups in total. The van der Waals surface area contributed by atoms with Gasteiger partial charge in [-0.3, -0.25) is 9.13 Å². The number of aliphatic imine (C=N–C) groups is 6. The maximum Gasteiger partial charge on any atom is 0.252 e. The summed E-state index contributed by atoms with van der Waals surface area (Å²) in [5, 5.41) is 4.40. The Morgan fingerprint density at radius 1 is 0.292 bits per heavy atom. The van der Waals surface area contributed by atoms with Gasteiger partial charge in [-0.1, -0.05) is 146 Å². The summed E-state index contributed by atoms with van der Waals surface area (Å²) in [5.74, 6) is 2.44. The van der Waals surface area contributed by atoms with Gasteiger partial charge in [0.1, 0.15) is 0 Å². The Labute approximate surface area is 412 Å². The van der Waals surface area contributed by atoms with E-state index in [1.807, 2.05) is 0 Å². The maximum atomic E-state index is 5.43. The second-order valence-corrected chi connectivity index (χ2v) is 18.4. The van der Waals surface area contributed by atoms with Crippen LogP contribution in [0.4, 0.5) is 34.1 Å². The molecule has 0 saturated carbocycles. The van der Waals surface area contributed by atoms with Crippen molar-refractivity contribution >= 4 is 136 Å². The van der Waals surface area contributed by atoms with Gasteiger partial charge in [0.2, 0.25) is 29.8 Å². The van der Waals surface area contributed by atoms with Gasteiger partial charge in [-0.25, -0.2) is 4.90 Å². The molecule has 16 rings (SSSR count). The smallest absolute Gasteiger partial charge is 0.252 e. The topological polar surface area (TPSA) is 93.7 Å². The highest BCUT2D eigenvalue weighted by Crippen LogP contribution is 2.45. The van der Waals surface area contributed by atoms with Gasteiger partial charge >= 0.3 is 0 Å². The van der Waals surface area contributed by atoms with Crippen LogP contribution in [0.5, 0.6) is 0 Å².